The minimum absolute atomic E-state index is 0.120. The van der Waals surface area contributed by atoms with E-state index in [0.717, 1.165) is 5.56 Å². The summed E-state index contributed by atoms with van der Waals surface area (Å²) in [5.74, 6) is 0. The molecule has 2 heterocycles. The number of hydrogen-bond acceptors (Lipinski definition) is 4. The number of rotatable bonds is 5. The molecule has 0 N–H and O–H groups in total. The fourth-order valence-electron chi connectivity index (χ4n) is 2.39. The average Bonchev–Trinajstić information content (AvgIpc) is 2.56. The van der Waals surface area contributed by atoms with Crippen molar-refractivity contribution in [2.75, 3.05) is 6.61 Å². The quantitative estimate of drug-likeness (QED) is 0.645. The first-order chi connectivity index (χ1) is 11.6. The van der Waals surface area contributed by atoms with Crippen LogP contribution in [0.5, 0.6) is 0 Å². The number of pyridine rings is 1. The Hall–Kier alpha value is -1.95. The molecule has 1 aromatic carbocycles. The largest absolute Gasteiger partial charge is 0.375 e. The van der Waals surface area contributed by atoms with Crippen molar-refractivity contribution < 1.29 is 4.74 Å². The van der Waals surface area contributed by atoms with Gasteiger partial charge in [-0.25, -0.2) is 9.97 Å². The van der Waals surface area contributed by atoms with Crippen molar-refractivity contribution in [3.8, 4) is 0 Å². The van der Waals surface area contributed by atoms with Crippen molar-refractivity contribution >= 4 is 34.1 Å². The molecule has 0 fully saturated rings. The second kappa shape index (κ2) is 7.30. The third kappa shape index (κ3) is 3.59. The van der Waals surface area contributed by atoms with Crippen LogP contribution in [0.1, 0.15) is 18.5 Å². The first-order valence-corrected chi connectivity index (χ1v) is 8.16. The molecular formula is C17H15Cl2N3O2. The van der Waals surface area contributed by atoms with E-state index in [1.807, 2.05) is 37.3 Å². The summed E-state index contributed by atoms with van der Waals surface area (Å²) >= 11 is 11.9. The molecule has 0 spiro atoms. The highest BCUT2D eigenvalue weighted by molar-refractivity contribution is 6.36. The van der Waals surface area contributed by atoms with Crippen molar-refractivity contribution in [1.29, 1.82) is 0 Å². The molecular weight excluding hydrogens is 349 g/mol. The van der Waals surface area contributed by atoms with Gasteiger partial charge in [0.05, 0.1) is 31.0 Å². The second-order valence-corrected chi connectivity index (χ2v) is 6.18. The Kier molecular flexibility index (Phi) is 5.14. The topological polar surface area (TPSA) is 57.0 Å². The third-order valence-corrected chi connectivity index (χ3v) is 4.10. The summed E-state index contributed by atoms with van der Waals surface area (Å²) in [4.78, 5) is 20.8. The van der Waals surface area contributed by atoms with Crippen LogP contribution in [0.3, 0.4) is 0 Å². The summed E-state index contributed by atoms with van der Waals surface area (Å²) in [5, 5.41) is 0.629. The Labute approximate surface area is 148 Å². The van der Waals surface area contributed by atoms with Gasteiger partial charge in [0, 0.05) is 0 Å². The predicted molar refractivity (Wildman–Crippen MR) is 94.6 cm³/mol. The lowest BCUT2D eigenvalue weighted by molar-refractivity contribution is 0.0937. The SMILES string of the molecule is C[C@@H](COCc1ccccc1)n1cnc2c(Cl)nc(Cl)cc2c1=O. The normalized spacial score (nSPS) is 12.5. The van der Waals surface area contributed by atoms with Crippen LogP contribution in [0.25, 0.3) is 10.9 Å². The van der Waals surface area contributed by atoms with Gasteiger partial charge in [-0.15, -0.1) is 0 Å². The summed E-state index contributed by atoms with van der Waals surface area (Å²) in [6.45, 7) is 2.77. The highest BCUT2D eigenvalue weighted by atomic mass is 35.5. The maximum Gasteiger partial charge on any atom is 0.261 e. The lowest BCUT2D eigenvalue weighted by Gasteiger charge is -2.15. The van der Waals surface area contributed by atoms with Crippen molar-refractivity contribution in [2.45, 2.75) is 19.6 Å². The van der Waals surface area contributed by atoms with Gasteiger partial charge in [-0.3, -0.25) is 9.36 Å². The van der Waals surface area contributed by atoms with E-state index in [1.165, 1.54) is 17.0 Å². The van der Waals surface area contributed by atoms with E-state index >= 15 is 0 Å². The van der Waals surface area contributed by atoms with E-state index in [2.05, 4.69) is 9.97 Å². The highest BCUT2D eigenvalue weighted by Gasteiger charge is 2.13. The number of halogens is 2. The molecule has 0 unspecified atom stereocenters. The average molecular weight is 364 g/mol. The number of nitrogens with zero attached hydrogens (tertiary/aromatic N) is 3. The first-order valence-electron chi connectivity index (χ1n) is 7.41. The molecule has 5 nitrogen and oxygen atoms in total. The number of benzene rings is 1. The zero-order valence-electron chi connectivity index (χ0n) is 12.9. The van der Waals surface area contributed by atoms with Crippen LogP contribution in [0.4, 0.5) is 0 Å². The lowest BCUT2D eigenvalue weighted by Crippen LogP contribution is -2.26. The van der Waals surface area contributed by atoms with Gasteiger partial charge >= 0.3 is 0 Å². The fraction of sp³-hybridized carbons (Fsp3) is 0.235. The summed E-state index contributed by atoms with van der Waals surface area (Å²) in [7, 11) is 0. The van der Waals surface area contributed by atoms with Gasteiger partial charge < -0.3 is 4.74 Å². The molecule has 124 valence electrons. The van der Waals surface area contributed by atoms with Crippen molar-refractivity contribution in [1.82, 2.24) is 14.5 Å². The molecule has 24 heavy (non-hydrogen) atoms. The molecule has 1 atom stereocenters. The van der Waals surface area contributed by atoms with Gasteiger partial charge in [0.15, 0.2) is 5.15 Å². The standard InChI is InChI=1S/C17H15Cl2N3O2/c1-11(8-24-9-12-5-3-2-4-6-12)22-10-20-15-13(17(22)23)7-14(18)21-16(15)19/h2-7,10-11H,8-9H2,1H3/t11-/m0/s1. The van der Waals surface area contributed by atoms with Gasteiger partial charge in [-0.2, -0.15) is 0 Å². The maximum absolute atomic E-state index is 12.6. The molecule has 0 amide bonds. The fourth-order valence-corrected chi connectivity index (χ4v) is 2.87. The van der Waals surface area contributed by atoms with E-state index < -0.39 is 0 Å². The molecule has 0 saturated heterocycles. The highest BCUT2D eigenvalue weighted by Crippen LogP contribution is 2.20. The second-order valence-electron chi connectivity index (χ2n) is 5.44. The zero-order chi connectivity index (χ0) is 17.1. The van der Waals surface area contributed by atoms with E-state index in [9.17, 15) is 4.79 Å². The maximum atomic E-state index is 12.6. The van der Waals surface area contributed by atoms with E-state index in [0.29, 0.717) is 24.1 Å². The minimum Gasteiger partial charge on any atom is -0.375 e. The van der Waals surface area contributed by atoms with Crippen LogP contribution < -0.4 is 5.56 Å². The van der Waals surface area contributed by atoms with E-state index in [-0.39, 0.29) is 21.9 Å². The van der Waals surface area contributed by atoms with Gasteiger partial charge in [-0.1, -0.05) is 53.5 Å². The van der Waals surface area contributed by atoms with Crippen molar-refractivity contribution in [2.24, 2.45) is 0 Å². The predicted octanol–water partition coefficient (Wildman–Crippen LogP) is 3.88. The van der Waals surface area contributed by atoms with Gasteiger partial charge in [0.25, 0.3) is 5.56 Å². The Balaban J connectivity index is 1.79. The molecule has 3 aromatic rings. The van der Waals surface area contributed by atoms with Crippen LogP contribution in [-0.4, -0.2) is 21.1 Å². The summed E-state index contributed by atoms with van der Waals surface area (Å²) in [6, 6.07) is 11.2. The molecule has 7 heteroatoms. The van der Waals surface area contributed by atoms with E-state index in [1.54, 1.807) is 0 Å². The van der Waals surface area contributed by atoms with Crippen LogP contribution in [0.2, 0.25) is 10.3 Å². The molecule has 2 aromatic heterocycles. The number of hydrogen-bond donors (Lipinski definition) is 0. The van der Waals surface area contributed by atoms with Crippen LogP contribution in [-0.2, 0) is 11.3 Å². The molecule has 0 aliphatic heterocycles. The monoisotopic (exact) mass is 363 g/mol. The summed E-state index contributed by atoms with van der Waals surface area (Å²) in [6.07, 6.45) is 1.46. The first kappa shape index (κ1) is 16.9. The smallest absolute Gasteiger partial charge is 0.261 e. The minimum atomic E-state index is -0.220. The Bertz CT molecular complexity index is 913. The van der Waals surface area contributed by atoms with Gasteiger partial charge in [0.2, 0.25) is 0 Å². The Morgan fingerprint density at radius 3 is 2.75 bits per heavy atom. The van der Waals surface area contributed by atoms with Crippen LogP contribution in [0.15, 0.2) is 47.5 Å². The summed E-state index contributed by atoms with van der Waals surface area (Å²) < 4.78 is 7.21. The number of ether oxygens (including phenoxy) is 1. The summed E-state index contributed by atoms with van der Waals surface area (Å²) in [5.41, 5.74) is 1.21. The number of aromatic nitrogens is 3. The van der Waals surface area contributed by atoms with Crippen molar-refractivity contribution in [3.63, 3.8) is 0 Å². The molecule has 3 rings (SSSR count). The molecule has 0 saturated carbocycles. The lowest BCUT2D eigenvalue weighted by atomic mass is 10.2. The van der Waals surface area contributed by atoms with Gasteiger partial charge in [-0.05, 0) is 18.6 Å². The van der Waals surface area contributed by atoms with Gasteiger partial charge in [0.1, 0.15) is 10.7 Å². The molecule has 0 radical (unpaired) electrons. The molecule has 0 aliphatic rings. The van der Waals surface area contributed by atoms with E-state index in [4.69, 9.17) is 27.9 Å². The van der Waals surface area contributed by atoms with Crippen molar-refractivity contribution in [3.05, 3.63) is 68.9 Å². The van der Waals surface area contributed by atoms with Crippen LogP contribution >= 0.6 is 23.2 Å². The zero-order valence-corrected chi connectivity index (χ0v) is 14.5. The molecule has 0 aliphatic carbocycles. The van der Waals surface area contributed by atoms with Crippen LogP contribution in [0, 0.1) is 0 Å². The Morgan fingerprint density at radius 2 is 2.00 bits per heavy atom. The Morgan fingerprint density at radius 1 is 1.25 bits per heavy atom. The third-order valence-electron chi connectivity index (χ3n) is 3.64. The number of fused-ring (bicyclic) bond motifs is 1. The molecule has 0 bridgehead atoms.